The van der Waals surface area contributed by atoms with Crippen LogP contribution in [0.15, 0.2) is 24.0 Å². The standard InChI is InChI=1S/C16H26O4S/c1-5-8-9-15(21-13(4)17)11-10-14(19-6-2)12-16(18)20-7-3/h10-12,15H,5-9H2,1-4H3/b11-10+,14-12+. The lowest BCUT2D eigenvalue weighted by Gasteiger charge is -2.10. The summed E-state index contributed by atoms with van der Waals surface area (Å²) in [6.07, 6.45) is 8.06. The number of hydrogen-bond acceptors (Lipinski definition) is 5. The molecule has 0 amide bonds. The highest BCUT2D eigenvalue weighted by atomic mass is 32.2. The lowest BCUT2D eigenvalue weighted by atomic mass is 10.2. The van der Waals surface area contributed by atoms with Crippen LogP contribution in [0, 0.1) is 0 Å². The van der Waals surface area contributed by atoms with E-state index in [-0.39, 0.29) is 10.4 Å². The van der Waals surface area contributed by atoms with Crippen LogP contribution in [0.4, 0.5) is 0 Å². The minimum Gasteiger partial charge on any atom is -0.494 e. The van der Waals surface area contributed by atoms with Gasteiger partial charge in [0, 0.05) is 12.2 Å². The predicted molar refractivity (Wildman–Crippen MR) is 87.1 cm³/mol. The smallest absolute Gasteiger partial charge is 0.334 e. The van der Waals surface area contributed by atoms with Crippen molar-refractivity contribution in [2.45, 2.75) is 52.2 Å². The van der Waals surface area contributed by atoms with Crippen LogP contribution < -0.4 is 0 Å². The summed E-state index contributed by atoms with van der Waals surface area (Å²) in [4.78, 5) is 22.7. The van der Waals surface area contributed by atoms with E-state index in [1.54, 1.807) is 19.9 Å². The van der Waals surface area contributed by atoms with Gasteiger partial charge in [-0.2, -0.15) is 0 Å². The van der Waals surface area contributed by atoms with Crippen molar-refractivity contribution in [2.24, 2.45) is 0 Å². The lowest BCUT2D eigenvalue weighted by molar-refractivity contribution is -0.137. The second kappa shape index (κ2) is 12.5. The summed E-state index contributed by atoms with van der Waals surface area (Å²) in [5.41, 5.74) is 0. The molecule has 0 aromatic carbocycles. The van der Waals surface area contributed by atoms with E-state index in [9.17, 15) is 9.59 Å². The van der Waals surface area contributed by atoms with Gasteiger partial charge >= 0.3 is 5.97 Å². The van der Waals surface area contributed by atoms with Gasteiger partial charge in [0.1, 0.15) is 5.76 Å². The van der Waals surface area contributed by atoms with Crippen LogP contribution in [0.3, 0.4) is 0 Å². The maximum atomic E-state index is 11.5. The van der Waals surface area contributed by atoms with Gasteiger partial charge < -0.3 is 9.47 Å². The fourth-order valence-electron chi connectivity index (χ4n) is 1.62. The SMILES string of the molecule is CCCCC(/C=C/C(=C\C(=O)OCC)OCC)SC(C)=O. The van der Waals surface area contributed by atoms with Gasteiger partial charge in [-0.25, -0.2) is 4.79 Å². The lowest BCUT2D eigenvalue weighted by Crippen LogP contribution is -2.04. The van der Waals surface area contributed by atoms with Crippen LogP contribution in [0.5, 0.6) is 0 Å². The number of hydrogen-bond donors (Lipinski definition) is 0. The Morgan fingerprint density at radius 1 is 1.14 bits per heavy atom. The first-order valence-corrected chi connectivity index (χ1v) is 8.28. The second-order valence-electron chi connectivity index (χ2n) is 4.38. The van der Waals surface area contributed by atoms with E-state index < -0.39 is 5.97 Å². The highest BCUT2D eigenvalue weighted by Gasteiger charge is 2.09. The normalized spacial score (nSPS) is 13.2. The molecule has 0 aliphatic rings. The summed E-state index contributed by atoms with van der Waals surface area (Å²) >= 11 is 1.30. The van der Waals surface area contributed by atoms with Gasteiger partial charge in [0.05, 0.1) is 19.3 Å². The fourth-order valence-corrected chi connectivity index (χ4v) is 2.49. The molecule has 21 heavy (non-hydrogen) atoms. The van der Waals surface area contributed by atoms with Crippen molar-refractivity contribution in [2.75, 3.05) is 13.2 Å². The number of carbonyl (C=O) groups excluding carboxylic acids is 2. The third-order valence-corrected chi connectivity index (χ3v) is 3.52. The summed E-state index contributed by atoms with van der Waals surface area (Å²) in [5.74, 6) is 0.0385. The van der Waals surface area contributed by atoms with Crippen molar-refractivity contribution in [3.05, 3.63) is 24.0 Å². The number of thioether (sulfide) groups is 1. The van der Waals surface area contributed by atoms with E-state index >= 15 is 0 Å². The van der Waals surface area contributed by atoms with Gasteiger partial charge in [-0.05, 0) is 26.3 Å². The van der Waals surface area contributed by atoms with Crippen molar-refractivity contribution < 1.29 is 19.1 Å². The van der Waals surface area contributed by atoms with Crippen LogP contribution in [-0.2, 0) is 19.1 Å². The van der Waals surface area contributed by atoms with E-state index in [1.165, 1.54) is 17.8 Å². The molecule has 0 N–H and O–H groups in total. The first-order valence-electron chi connectivity index (χ1n) is 7.40. The van der Waals surface area contributed by atoms with E-state index in [2.05, 4.69) is 6.92 Å². The minimum atomic E-state index is -0.421. The quantitative estimate of drug-likeness (QED) is 0.265. The van der Waals surface area contributed by atoms with Gasteiger partial charge in [0.15, 0.2) is 5.12 Å². The molecular formula is C16H26O4S. The molecule has 0 aromatic rings. The van der Waals surface area contributed by atoms with E-state index in [4.69, 9.17) is 9.47 Å². The van der Waals surface area contributed by atoms with Crippen molar-refractivity contribution in [3.8, 4) is 0 Å². The second-order valence-corrected chi connectivity index (χ2v) is 5.80. The molecule has 0 fully saturated rings. The summed E-state index contributed by atoms with van der Waals surface area (Å²) in [6, 6.07) is 0. The van der Waals surface area contributed by atoms with Crippen molar-refractivity contribution in [1.82, 2.24) is 0 Å². The van der Waals surface area contributed by atoms with Gasteiger partial charge in [-0.1, -0.05) is 37.6 Å². The summed E-state index contributed by atoms with van der Waals surface area (Å²) in [6.45, 7) is 8.09. The molecule has 0 aliphatic carbocycles. The van der Waals surface area contributed by atoms with E-state index in [0.717, 1.165) is 19.3 Å². The molecule has 120 valence electrons. The summed E-state index contributed by atoms with van der Waals surface area (Å²) in [7, 11) is 0. The van der Waals surface area contributed by atoms with E-state index in [1.807, 2.05) is 13.0 Å². The molecule has 0 bridgehead atoms. The number of allylic oxidation sites excluding steroid dienone is 1. The predicted octanol–water partition coefficient (Wildman–Crippen LogP) is 3.86. The molecule has 0 heterocycles. The molecule has 0 spiro atoms. The monoisotopic (exact) mass is 314 g/mol. The number of carbonyl (C=O) groups is 2. The third kappa shape index (κ3) is 11.1. The maximum Gasteiger partial charge on any atom is 0.334 e. The van der Waals surface area contributed by atoms with Gasteiger partial charge in [-0.15, -0.1) is 0 Å². The highest BCUT2D eigenvalue weighted by molar-refractivity contribution is 8.14. The molecule has 0 radical (unpaired) electrons. The first-order chi connectivity index (χ1) is 10.0. The van der Waals surface area contributed by atoms with Crippen LogP contribution in [0.25, 0.3) is 0 Å². The molecule has 0 saturated carbocycles. The Morgan fingerprint density at radius 3 is 2.33 bits per heavy atom. The third-order valence-electron chi connectivity index (χ3n) is 2.49. The number of ether oxygens (including phenoxy) is 2. The largest absolute Gasteiger partial charge is 0.494 e. The molecular weight excluding hydrogens is 288 g/mol. The molecule has 1 unspecified atom stereocenters. The van der Waals surface area contributed by atoms with Crippen molar-refractivity contribution in [3.63, 3.8) is 0 Å². The molecule has 0 aromatic heterocycles. The summed E-state index contributed by atoms with van der Waals surface area (Å²) in [5, 5.41) is 0.196. The maximum absolute atomic E-state index is 11.5. The molecule has 0 aliphatic heterocycles. The zero-order chi connectivity index (χ0) is 16.1. The average molecular weight is 314 g/mol. The Labute approximate surface area is 132 Å². The Bertz CT molecular complexity index is 374. The van der Waals surface area contributed by atoms with Gasteiger partial charge in [0.2, 0.25) is 0 Å². The molecule has 4 nitrogen and oxygen atoms in total. The zero-order valence-electron chi connectivity index (χ0n) is 13.4. The van der Waals surface area contributed by atoms with Crippen LogP contribution in [0.1, 0.15) is 47.0 Å². The van der Waals surface area contributed by atoms with Crippen LogP contribution in [-0.4, -0.2) is 29.5 Å². The Kier molecular flexibility index (Phi) is 11.8. The zero-order valence-corrected chi connectivity index (χ0v) is 14.2. The van der Waals surface area contributed by atoms with Crippen LogP contribution >= 0.6 is 11.8 Å². The fraction of sp³-hybridized carbons (Fsp3) is 0.625. The van der Waals surface area contributed by atoms with Gasteiger partial charge in [-0.3, -0.25) is 4.79 Å². The number of rotatable bonds is 10. The Hall–Kier alpha value is -1.23. The Balaban J connectivity index is 4.81. The van der Waals surface area contributed by atoms with E-state index in [0.29, 0.717) is 19.0 Å². The topological polar surface area (TPSA) is 52.6 Å². The highest BCUT2D eigenvalue weighted by Crippen LogP contribution is 2.20. The molecule has 1 atom stereocenters. The van der Waals surface area contributed by atoms with Crippen molar-refractivity contribution in [1.29, 1.82) is 0 Å². The minimum absolute atomic E-state index is 0.0908. The molecule has 0 rings (SSSR count). The van der Waals surface area contributed by atoms with Crippen molar-refractivity contribution >= 4 is 22.8 Å². The average Bonchev–Trinajstić information content (AvgIpc) is 2.41. The number of esters is 1. The molecule has 5 heteroatoms. The summed E-state index contributed by atoms with van der Waals surface area (Å²) < 4.78 is 10.3. The van der Waals surface area contributed by atoms with Gasteiger partial charge in [0.25, 0.3) is 0 Å². The Morgan fingerprint density at radius 2 is 1.81 bits per heavy atom. The van der Waals surface area contributed by atoms with Crippen LogP contribution in [0.2, 0.25) is 0 Å². The first kappa shape index (κ1) is 19.8. The number of unbranched alkanes of at least 4 members (excludes halogenated alkanes) is 1. The molecule has 0 saturated heterocycles.